The van der Waals surface area contributed by atoms with Gasteiger partial charge in [0.15, 0.2) is 0 Å². The molecule has 1 aromatic rings. The maximum Gasteiger partial charge on any atom is 0.311 e. The smallest absolute Gasteiger partial charge is 0.311 e. The molecule has 0 aromatic heterocycles. The van der Waals surface area contributed by atoms with Crippen LogP contribution in [0.15, 0.2) is 18.2 Å². The maximum atomic E-state index is 12.2. The monoisotopic (exact) mass is 347 g/mol. The van der Waals surface area contributed by atoms with Crippen molar-refractivity contribution in [3.63, 3.8) is 0 Å². The maximum absolute atomic E-state index is 12.2. The summed E-state index contributed by atoms with van der Waals surface area (Å²) in [7, 11) is 2.12. The van der Waals surface area contributed by atoms with E-state index in [1.807, 2.05) is 0 Å². The fourth-order valence-corrected chi connectivity index (χ4v) is 3.33. The molecule has 0 bridgehead atoms. The first-order chi connectivity index (χ1) is 12.0. The number of hydrogen-bond donors (Lipinski definition) is 2. The minimum atomic E-state index is -0.367. The van der Waals surface area contributed by atoms with E-state index in [-0.39, 0.29) is 36.4 Å². The van der Waals surface area contributed by atoms with E-state index in [0.717, 1.165) is 38.3 Å². The van der Waals surface area contributed by atoms with Crippen LogP contribution in [0.2, 0.25) is 0 Å². The predicted octanol–water partition coefficient (Wildman–Crippen LogP) is 0.539. The summed E-state index contributed by atoms with van der Waals surface area (Å²) in [5.41, 5.74) is 0.798. The lowest BCUT2D eigenvalue weighted by atomic mass is 9.89. The highest BCUT2D eigenvalue weighted by molar-refractivity contribution is 5.81. The van der Waals surface area contributed by atoms with Gasteiger partial charge in [-0.1, -0.05) is 6.07 Å². The SMILES string of the molecule is CN1CCN(CCNC(=O)CC2CC(=O)Oc3cc(O)ccc32)CC1. The Hall–Kier alpha value is -2.12. The van der Waals surface area contributed by atoms with Crippen molar-refractivity contribution in [1.82, 2.24) is 15.1 Å². The van der Waals surface area contributed by atoms with E-state index in [2.05, 4.69) is 22.2 Å². The number of esters is 1. The lowest BCUT2D eigenvalue weighted by Gasteiger charge is -2.32. The molecule has 0 radical (unpaired) electrons. The number of fused-ring (bicyclic) bond motifs is 1. The van der Waals surface area contributed by atoms with Gasteiger partial charge in [-0.2, -0.15) is 0 Å². The molecule has 2 aliphatic heterocycles. The van der Waals surface area contributed by atoms with E-state index in [1.54, 1.807) is 12.1 Å². The molecule has 1 aromatic carbocycles. The molecule has 1 unspecified atom stereocenters. The molecule has 0 saturated carbocycles. The van der Waals surface area contributed by atoms with Gasteiger partial charge in [0.2, 0.25) is 5.91 Å². The molecular weight excluding hydrogens is 322 g/mol. The van der Waals surface area contributed by atoms with E-state index in [9.17, 15) is 14.7 Å². The minimum Gasteiger partial charge on any atom is -0.508 e. The Bertz CT molecular complexity index is 641. The summed E-state index contributed by atoms with van der Waals surface area (Å²) >= 11 is 0. The first-order valence-electron chi connectivity index (χ1n) is 8.72. The van der Waals surface area contributed by atoms with Gasteiger partial charge in [0.25, 0.3) is 0 Å². The summed E-state index contributed by atoms with van der Waals surface area (Å²) in [6.45, 7) is 5.62. The van der Waals surface area contributed by atoms with Crippen LogP contribution < -0.4 is 10.1 Å². The molecule has 1 atom stereocenters. The Labute approximate surface area is 147 Å². The Morgan fingerprint density at radius 2 is 2.08 bits per heavy atom. The van der Waals surface area contributed by atoms with Crippen LogP contribution in [0.25, 0.3) is 0 Å². The summed E-state index contributed by atoms with van der Waals surface area (Å²) < 4.78 is 5.15. The predicted molar refractivity (Wildman–Crippen MR) is 92.7 cm³/mol. The number of aromatic hydroxyl groups is 1. The van der Waals surface area contributed by atoms with E-state index in [4.69, 9.17) is 4.74 Å². The Morgan fingerprint density at radius 1 is 1.32 bits per heavy atom. The number of nitrogens with one attached hydrogen (secondary N) is 1. The minimum absolute atomic E-state index is 0.0452. The molecule has 1 saturated heterocycles. The zero-order chi connectivity index (χ0) is 17.8. The van der Waals surface area contributed by atoms with Crippen LogP contribution >= 0.6 is 0 Å². The van der Waals surface area contributed by atoms with Gasteiger partial charge in [0.1, 0.15) is 11.5 Å². The van der Waals surface area contributed by atoms with Crippen LogP contribution in [-0.2, 0) is 9.59 Å². The van der Waals surface area contributed by atoms with Crippen molar-refractivity contribution >= 4 is 11.9 Å². The van der Waals surface area contributed by atoms with Crippen molar-refractivity contribution in [2.75, 3.05) is 46.3 Å². The Morgan fingerprint density at radius 3 is 2.84 bits per heavy atom. The third-order valence-corrected chi connectivity index (χ3v) is 4.85. The number of piperazine rings is 1. The van der Waals surface area contributed by atoms with Crippen LogP contribution in [0, 0.1) is 0 Å². The topological polar surface area (TPSA) is 82.1 Å². The molecule has 2 aliphatic rings. The number of nitrogens with zero attached hydrogens (tertiary/aromatic N) is 2. The van der Waals surface area contributed by atoms with Crippen molar-refractivity contribution in [1.29, 1.82) is 0 Å². The molecule has 1 fully saturated rings. The standard InChI is InChI=1S/C18H25N3O4/c1-20-6-8-21(9-7-20)5-4-19-17(23)10-13-11-18(24)25-16-12-14(22)2-3-15(13)16/h2-3,12-13,22H,4-11H2,1H3,(H,19,23). The van der Waals surface area contributed by atoms with Gasteiger partial charge < -0.3 is 20.1 Å². The number of phenols is 1. The highest BCUT2D eigenvalue weighted by atomic mass is 16.5. The van der Waals surface area contributed by atoms with Crippen LogP contribution in [-0.4, -0.2) is 73.1 Å². The van der Waals surface area contributed by atoms with E-state index in [1.165, 1.54) is 6.07 Å². The number of phenolic OH excluding ortho intramolecular Hbond substituents is 1. The lowest BCUT2D eigenvalue weighted by molar-refractivity contribution is -0.136. The summed E-state index contributed by atoms with van der Waals surface area (Å²) in [6.07, 6.45) is 0.430. The van der Waals surface area contributed by atoms with Crippen molar-refractivity contribution in [2.45, 2.75) is 18.8 Å². The summed E-state index contributed by atoms with van der Waals surface area (Å²) in [5, 5.41) is 12.5. The first-order valence-corrected chi connectivity index (χ1v) is 8.72. The van der Waals surface area contributed by atoms with Crippen LogP contribution in [0.3, 0.4) is 0 Å². The Kier molecular flexibility index (Phi) is 5.55. The summed E-state index contributed by atoms with van der Waals surface area (Å²) in [5.74, 6) is -0.239. The molecule has 0 spiro atoms. The van der Waals surface area contributed by atoms with Gasteiger partial charge in [-0.05, 0) is 18.7 Å². The first kappa shape index (κ1) is 17.7. The second-order valence-electron chi connectivity index (χ2n) is 6.80. The normalized spacial score (nSPS) is 21.5. The summed E-state index contributed by atoms with van der Waals surface area (Å²) in [4.78, 5) is 28.6. The highest BCUT2D eigenvalue weighted by Gasteiger charge is 2.29. The number of ether oxygens (including phenoxy) is 1. The third kappa shape index (κ3) is 4.70. The fraction of sp³-hybridized carbons (Fsp3) is 0.556. The zero-order valence-electron chi connectivity index (χ0n) is 14.5. The largest absolute Gasteiger partial charge is 0.508 e. The Balaban J connectivity index is 1.49. The molecular formula is C18H25N3O4. The molecule has 0 aliphatic carbocycles. The number of benzene rings is 1. The van der Waals surface area contributed by atoms with Crippen molar-refractivity contribution in [3.05, 3.63) is 23.8 Å². The highest BCUT2D eigenvalue weighted by Crippen LogP contribution is 2.38. The second kappa shape index (κ2) is 7.84. The van der Waals surface area contributed by atoms with E-state index >= 15 is 0 Å². The number of amides is 1. The molecule has 3 rings (SSSR count). The lowest BCUT2D eigenvalue weighted by Crippen LogP contribution is -2.47. The van der Waals surface area contributed by atoms with E-state index < -0.39 is 0 Å². The van der Waals surface area contributed by atoms with Crippen LogP contribution in [0.4, 0.5) is 0 Å². The van der Waals surface area contributed by atoms with Gasteiger partial charge in [0.05, 0.1) is 6.42 Å². The van der Waals surface area contributed by atoms with Crippen molar-refractivity contribution in [2.24, 2.45) is 0 Å². The molecule has 1 amide bonds. The molecule has 2 N–H and O–H groups in total. The molecule has 25 heavy (non-hydrogen) atoms. The zero-order valence-corrected chi connectivity index (χ0v) is 14.5. The number of carbonyl (C=O) groups is 2. The molecule has 136 valence electrons. The van der Waals surface area contributed by atoms with E-state index in [0.29, 0.717) is 12.3 Å². The van der Waals surface area contributed by atoms with Crippen LogP contribution in [0.1, 0.15) is 24.3 Å². The quantitative estimate of drug-likeness (QED) is 0.598. The molecule has 7 nitrogen and oxygen atoms in total. The number of likely N-dealkylation sites (N-methyl/N-ethyl adjacent to an activating group) is 1. The number of carbonyl (C=O) groups excluding carboxylic acids is 2. The van der Waals surface area contributed by atoms with Crippen molar-refractivity contribution < 1.29 is 19.4 Å². The summed E-state index contributed by atoms with van der Waals surface area (Å²) in [6, 6.07) is 4.69. The molecule has 2 heterocycles. The van der Waals surface area contributed by atoms with Crippen LogP contribution in [0.5, 0.6) is 11.5 Å². The molecule has 7 heteroatoms. The van der Waals surface area contributed by atoms with Crippen molar-refractivity contribution in [3.8, 4) is 11.5 Å². The van der Waals surface area contributed by atoms with Gasteiger partial charge in [-0.15, -0.1) is 0 Å². The van der Waals surface area contributed by atoms with Gasteiger partial charge in [-0.25, -0.2) is 0 Å². The number of rotatable bonds is 5. The average Bonchev–Trinajstić information content (AvgIpc) is 2.56. The van der Waals surface area contributed by atoms with Gasteiger partial charge >= 0.3 is 5.97 Å². The van der Waals surface area contributed by atoms with Gasteiger partial charge in [-0.3, -0.25) is 14.5 Å². The third-order valence-electron chi connectivity index (χ3n) is 4.85. The fourth-order valence-electron chi connectivity index (χ4n) is 3.33. The number of hydrogen-bond acceptors (Lipinski definition) is 6. The average molecular weight is 347 g/mol. The second-order valence-corrected chi connectivity index (χ2v) is 6.80. The van der Waals surface area contributed by atoms with Gasteiger partial charge in [0, 0.05) is 57.7 Å².